The van der Waals surface area contributed by atoms with E-state index in [4.69, 9.17) is 9.73 Å². The first-order chi connectivity index (χ1) is 19.4. The number of hydrogen-bond acceptors (Lipinski definition) is 4. The molecule has 40 heavy (non-hydrogen) atoms. The Morgan fingerprint density at radius 2 is 1.75 bits per heavy atom. The van der Waals surface area contributed by atoms with Crippen molar-refractivity contribution in [3.8, 4) is 11.5 Å². The van der Waals surface area contributed by atoms with Gasteiger partial charge in [0.05, 0.1) is 12.4 Å². The van der Waals surface area contributed by atoms with Crippen molar-refractivity contribution in [3.05, 3.63) is 88.5 Å². The van der Waals surface area contributed by atoms with Gasteiger partial charge >= 0.3 is 0 Å². The smallest absolute Gasteiger partial charge is 0.172 e. The third-order valence-corrected chi connectivity index (χ3v) is 7.79. The fourth-order valence-electron chi connectivity index (χ4n) is 5.86. The first-order valence-electron chi connectivity index (χ1n) is 14.3. The summed E-state index contributed by atoms with van der Waals surface area (Å²) in [6.07, 6.45) is 4.32. The fraction of sp³-hybridized carbons (Fsp3) is 0.382. The summed E-state index contributed by atoms with van der Waals surface area (Å²) in [4.78, 5) is 11.1. The van der Waals surface area contributed by atoms with Crippen LogP contribution in [0.1, 0.15) is 67.3 Å². The molecule has 6 heteroatoms. The molecule has 5 rings (SSSR count). The molecule has 0 N–H and O–H groups in total. The summed E-state index contributed by atoms with van der Waals surface area (Å²) in [6.45, 7) is 8.40. The lowest BCUT2D eigenvalue weighted by Crippen LogP contribution is -2.26. The van der Waals surface area contributed by atoms with Crippen molar-refractivity contribution in [2.24, 2.45) is 4.99 Å². The predicted octanol–water partition coefficient (Wildman–Crippen LogP) is 8.48. The Kier molecular flexibility index (Phi) is 8.95. The molecule has 1 aliphatic heterocycles. The molecule has 1 unspecified atom stereocenters. The molecule has 3 aromatic carbocycles. The number of nitrogens with zero attached hydrogens (tertiary/aromatic N) is 2. The second kappa shape index (κ2) is 12.8. The van der Waals surface area contributed by atoms with Crippen molar-refractivity contribution >= 4 is 22.5 Å². The van der Waals surface area contributed by atoms with Crippen LogP contribution in [0.3, 0.4) is 0 Å². The maximum absolute atomic E-state index is 13.1. The number of hydrogen-bond donors (Lipinski definition) is 0. The molecule has 0 radical (unpaired) electrons. The summed E-state index contributed by atoms with van der Waals surface area (Å²) in [5.74, 6) is 1.07. The van der Waals surface area contributed by atoms with Crippen molar-refractivity contribution in [1.82, 2.24) is 4.90 Å². The van der Waals surface area contributed by atoms with Crippen LogP contribution in [0, 0.1) is 6.92 Å². The molecule has 0 saturated carbocycles. The molecule has 1 atom stereocenters. The Bertz CT molecular complexity index is 1390. The topological polar surface area (TPSA) is 34.1 Å². The highest BCUT2D eigenvalue weighted by atomic mass is 19.3. The monoisotopic (exact) mass is 544 g/mol. The minimum atomic E-state index is -0.276. The van der Waals surface area contributed by atoms with Crippen LogP contribution in [0.5, 0.6) is 11.5 Å². The number of alkyl halides is 1. The highest BCUT2D eigenvalue weighted by Gasteiger charge is 2.24. The highest BCUT2D eigenvalue weighted by Crippen LogP contribution is 2.42. The molecule has 2 aliphatic rings. The maximum atomic E-state index is 13.1. The number of aliphatic imine (C=N–C) groups is 1. The van der Waals surface area contributed by atoms with Crippen molar-refractivity contribution in [1.29, 1.82) is 0 Å². The molecular formula is C34H38F2N2O2. The number of allylic oxidation sites excluding steroid dienone is 1. The lowest BCUT2D eigenvalue weighted by atomic mass is 9.87. The van der Waals surface area contributed by atoms with Gasteiger partial charge in [-0.15, -0.1) is 0 Å². The van der Waals surface area contributed by atoms with Gasteiger partial charge in [0.2, 0.25) is 0 Å². The van der Waals surface area contributed by atoms with Crippen LogP contribution >= 0.6 is 0 Å². The standard InChI is InChI=1S/C34H38F2N2O2/c1-23(2)37-33-21-27(9-8-24(33)3)31-7-4-6-26-20-29(40-36)14-15-32(26)34(31)25-10-12-28(13-11-25)39-30-16-19-38(22-30)18-5-17-35/h8-15,20-21,30H,4-7,16-19,22H2,1-3H3. The summed E-state index contributed by atoms with van der Waals surface area (Å²) in [5.41, 5.74) is 9.96. The van der Waals surface area contributed by atoms with Gasteiger partial charge in [-0.3, -0.25) is 19.2 Å². The summed E-state index contributed by atoms with van der Waals surface area (Å²) < 4.78 is 32.0. The SMILES string of the molecule is CC(C)=Nc1cc(C2=C(c3ccc(OC4CCN(CCCF)C4)cc3)c3ccc(OF)cc3CCC2)ccc1C. The van der Waals surface area contributed by atoms with Crippen molar-refractivity contribution in [3.63, 3.8) is 0 Å². The normalized spacial score (nSPS) is 17.4. The van der Waals surface area contributed by atoms with Crippen LogP contribution in [-0.2, 0) is 6.42 Å². The van der Waals surface area contributed by atoms with E-state index in [1.54, 1.807) is 6.07 Å². The third-order valence-electron chi connectivity index (χ3n) is 7.79. The van der Waals surface area contributed by atoms with E-state index in [9.17, 15) is 8.92 Å². The zero-order chi connectivity index (χ0) is 28.1. The van der Waals surface area contributed by atoms with E-state index in [1.807, 2.05) is 38.1 Å². The Balaban J connectivity index is 1.52. The zero-order valence-corrected chi connectivity index (χ0v) is 23.7. The number of benzene rings is 3. The number of aryl methyl sites for hydroxylation is 2. The fourth-order valence-corrected chi connectivity index (χ4v) is 5.86. The van der Waals surface area contributed by atoms with Crippen LogP contribution in [0.15, 0.2) is 65.7 Å². The maximum Gasteiger partial charge on any atom is 0.172 e. The molecule has 3 aromatic rings. The number of likely N-dealkylation sites (tertiary alicyclic amines) is 1. The lowest BCUT2D eigenvalue weighted by molar-refractivity contribution is -0.00629. The van der Waals surface area contributed by atoms with Gasteiger partial charge in [0.1, 0.15) is 11.9 Å². The van der Waals surface area contributed by atoms with Gasteiger partial charge in [-0.05, 0) is 122 Å². The van der Waals surface area contributed by atoms with Crippen molar-refractivity contribution in [2.45, 2.75) is 59.0 Å². The summed E-state index contributed by atoms with van der Waals surface area (Å²) in [6, 6.07) is 20.3. The van der Waals surface area contributed by atoms with Crippen LogP contribution in [-0.4, -0.2) is 43.0 Å². The summed E-state index contributed by atoms with van der Waals surface area (Å²) in [7, 11) is 0. The largest absolute Gasteiger partial charge is 0.489 e. The molecule has 1 aliphatic carbocycles. The highest BCUT2D eigenvalue weighted by molar-refractivity contribution is 6.00. The minimum absolute atomic E-state index is 0.117. The molecule has 0 amide bonds. The summed E-state index contributed by atoms with van der Waals surface area (Å²) >= 11 is 0. The summed E-state index contributed by atoms with van der Waals surface area (Å²) in [5, 5.41) is 0. The van der Waals surface area contributed by atoms with Crippen LogP contribution in [0.4, 0.5) is 14.6 Å². The van der Waals surface area contributed by atoms with E-state index in [0.29, 0.717) is 6.42 Å². The molecule has 0 bridgehead atoms. The predicted molar refractivity (Wildman–Crippen MR) is 159 cm³/mol. The lowest BCUT2D eigenvalue weighted by Gasteiger charge is -2.19. The first-order valence-corrected chi connectivity index (χ1v) is 14.3. The molecule has 1 fully saturated rings. The first kappa shape index (κ1) is 28.0. The van der Waals surface area contributed by atoms with E-state index in [1.165, 1.54) is 5.57 Å². The van der Waals surface area contributed by atoms with Crippen LogP contribution in [0.2, 0.25) is 0 Å². The second-order valence-electron chi connectivity index (χ2n) is 11.1. The van der Waals surface area contributed by atoms with E-state index in [-0.39, 0.29) is 18.5 Å². The van der Waals surface area contributed by atoms with E-state index in [0.717, 1.165) is 95.9 Å². The molecule has 0 aromatic heterocycles. The average Bonchev–Trinajstić information content (AvgIpc) is 3.31. The number of rotatable bonds is 9. The van der Waals surface area contributed by atoms with Gasteiger partial charge in [-0.2, -0.15) is 0 Å². The Labute approximate surface area is 236 Å². The molecule has 1 saturated heterocycles. The molecule has 4 nitrogen and oxygen atoms in total. The van der Waals surface area contributed by atoms with Gasteiger partial charge in [0, 0.05) is 29.9 Å². The molecule has 1 heterocycles. The van der Waals surface area contributed by atoms with E-state index < -0.39 is 0 Å². The van der Waals surface area contributed by atoms with Crippen LogP contribution in [0.25, 0.3) is 11.1 Å². The Morgan fingerprint density at radius 3 is 2.50 bits per heavy atom. The number of fused-ring (bicyclic) bond motifs is 1. The second-order valence-corrected chi connectivity index (χ2v) is 11.1. The van der Waals surface area contributed by atoms with Gasteiger partial charge in [-0.25, -0.2) is 0 Å². The molecular weight excluding hydrogens is 506 g/mol. The van der Waals surface area contributed by atoms with Gasteiger partial charge in [0.25, 0.3) is 0 Å². The Hall–Kier alpha value is -3.51. The Morgan fingerprint density at radius 1 is 0.975 bits per heavy atom. The van der Waals surface area contributed by atoms with E-state index in [2.05, 4.69) is 47.1 Å². The number of halogens is 2. The minimum Gasteiger partial charge on any atom is -0.489 e. The number of ether oxygens (including phenoxy) is 1. The average molecular weight is 545 g/mol. The third kappa shape index (κ3) is 6.44. The van der Waals surface area contributed by atoms with Gasteiger partial charge in [0.15, 0.2) is 5.75 Å². The quantitative estimate of drug-likeness (QED) is 0.253. The zero-order valence-electron chi connectivity index (χ0n) is 23.7. The molecule has 0 spiro atoms. The van der Waals surface area contributed by atoms with Gasteiger partial charge in [-0.1, -0.05) is 30.3 Å². The van der Waals surface area contributed by atoms with Crippen LogP contribution < -0.4 is 9.68 Å². The van der Waals surface area contributed by atoms with E-state index >= 15 is 0 Å². The van der Waals surface area contributed by atoms with Crippen molar-refractivity contribution in [2.75, 3.05) is 26.3 Å². The van der Waals surface area contributed by atoms with Gasteiger partial charge < -0.3 is 4.74 Å². The van der Waals surface area contributed by atoms with Crippen molar-refractivity contribution < 1.29 is 18.6 Å². The molecule has 210 valence electrons.